The molecular weight excluding hydrogens is 262 g/mol. The van der Waals surface area contributed by atoms with Crippen molar-refractivity contribution >= 4 is 12.3 Å². The minimum Gasteiger partial charge on any atom is -0.454 e. The van der Waals surface area contributed by atoms with Gasteiger partial charge in [-0.15, -0.1) is 0 Å². The molecule has 1 saturated heterocycles. The summed E-state index contributed by atoms with van der Waals surface area (Å²) in [6, 6.07) is 0. The summed E-state index contributed by atoms with van der Waals surface area (Å²) in [6.07, 6.45) is -7.39. The quantitative estimate of drug-likeness (QED) is 0.214. The topological polar surface area (TPSA) is 171 Å². The summed E-state index contributed by atoms with van der Waals surface area (Å²) in [5, 5.41) is 49.0. The van der Waals surface area contributed by atoms with E-state index in [-0.39, 0.29) is 6.29 Å². The van der Waals surface area contributed by atoms with Crippen LogP contribution in [0.2, 0.25) is 0 Å². The Kier molecular flexibility index (Phi) is 3.16. The van der Waals surface area contributed by atoms with E-state index in [0.29, 0.717) is 0 Å². The van der Waals surface area contributed by atoms with E-state index < -0.39 is 54.0 Å². The molecule has 7 N–H and O–H groups in total. The molecule has 1 aliphatic heterocycles. The van der Waals surface area contributed by atoms with Crippen molar-refractivity contribution in [3.05, 3.63) is 0 Å². The van der Waals surface area contributed by atoms with Crippen molar-refractivity contribution in [2.75, 3.05) is 6.61 Å². The first-order valence-electron chi connectivity index (χ1n) is 5.57. The molecule has 2 rings (SSSR count). The molecule has 0 aromatic carbocycles. The van der Waals surface area contributed by atoms with Crippen LogP contribution in [0.1, 0.15) is 0 Å². The average molecular weight is 277 g/mol. The molecule has 0 aromatic heterocycles. The highest BCUT2D eigenvalue weighted by Gasteiger charge is 2.71. The zero-order valence-electron chi connectivity index (χ0n) is 9.71. The Bertz CT molecular complexity index is 416. The molecule has 19 heavy (non-hydrogen) atoms. The fourth-order valence-corrected chi connectivity index (χ4v) is 2.77. The largest absolute Gasteiger partial charge is 0.454 e. The van der Waals surface area contributed by atoms with Crippen LogP contribution in [0.3, 0.4) is 0 Å². The van der Waals surface area contributed by atoms with Crippen LogP contribution in [0.15, 0.2) is 0 Å². The van der Waals surface area contributed by atoms with Gasteiger partial charge in [0.05, 0.1) is 18.1 Å². The van der Waals surface area contributed by atoms with Crippen molar-refractivity contribution in [3.63, 3.8) is 0 Å². The van der Waals surface area contributed by atoms with Crippen molar-refractivity contribution in [1.82, 2.24) is 0 Å². The number of esters is 1. The van der Waals surface area contributed by atoms with Gasteiger partial charge in [-0.1, -0.05) is 0 Å². The maximum Gasteiger partial charge on any atom is 0.337 e. The molecule has 108 valence electrons. The molecule has 9 nitrogen and oxygen atoms in total. The van der Waals surface area contributed by atoms with E-state index >= 15 is 0 Å². The van der Waals surface area contributed by atoms with Gasteiger partial charge in [-0.25, -0.2) is 4.79 Å². The second-order valence-electron chi connectivity index (χ2n) is 4.96. The Morgan fingerprint density at radius 2 is 1.89 bits per heavy atom. The second-order valence-corrected chi connectivity index (χ2v) is 4.96. The van der Waals surface area contributed by atoms with E-state index in [1.54, 1.807) is 0 Å². The van der Waals surface area contributed by atoms with Gasteiger partial charge in [0.1, 0.15) is 18.5 Å². The SMILES string of the molecule is N[C@@]12C(O)[C@@H](OC(=O)[C@H]1O)[C@](O)(CO)[C@H](O)[C@@H]2C=O. The molecule has 2 bridgehead atoms. The van der Waals surface area contributed by atoms with Gasteiger partial charge in [-0.2, -0.15) is 0 Å². The van der Waals surface area contributed by atoms with Crippen LogP contribution in [0.4, 0.5) is 0 Å². The zero-order valence-corrected chi connectivity index (χ0v) is 9.71. The van der Waals surface area contributed by atoms with E-state index in [0.717, 1.165) is 0 Å². The molecule has 7 atom stereocenters. The van der Waals surface area contributed by atoms with Crippen LogP contribution in [-0.2, 0) is 14.3 Å². The van der Waals surface area contributed by atoms with E-state index in [1.807, 2.05) is 0 Å². The van der Waals surface area contributed by atoms with Crippen molar-refractivity contribution < 1.29 is 39.9 Å². The van der Waals surface area contributed by atoms with E-state index in [1.165, 1.54) is 0 Å². The highest BCUT2D eigenvalue weighted by molar-refractivity contribution is 5.80. The van der Waals surface area contributed by atoms with E-state index in [2.05, 4.69) is 4.74 Å². The Labute approximate surface area is 107 Å². The van der Waals surface area contributed by atoms with E-state index in [9.17, 15) is 30.0 Å². The highest BCUT2D eigenvalue weighted by atomic mass is 16.6. The van der Waals surface area contributed by atoms with Gasteiger partial charge in [0.15, 0.2) is 17.8 Å². The van der Waals surface area contributed by atoms with Gasteiger partial charge in [-0.3, -0.25) is 0 Å². The molecule has 0 aromatic rings. The van der Waals surface area contributed by atoms with Crippen molar-refractivity contribution in [1.29, 1.82) is 0 Å². The zero-order chi connectivity index (χ0) is 14.6. The Morgan fingerprint density at radius 1 is 1.32 bits per heavy atom. The number of carbonyl (C=O) groups excluding carboxylic acids is 2. The number of carbonyl (C=O) groups is 2. The van der Waals surface area contributed by atoms with Crippen LogP contribution in [0.5, 0.6) is 0 Å². The van der Waals surface area contributed by atoms with Crippen molar-refractivity contribution in [2.45, 2.75) is 35.6 Å². The number of aliphatic hydroxyl groups is 5. The van der Waals surface area contributed by atoms with Gasteiger partial charge in [0.2, 0.25) is 0 Å². The minimum absolute atomic E-state index is 0.118. The fraction of sp³-hybridized carbons (Fsp3) is 0.800. The van der Waals surface area contributed by atoms with Crippen LogP contribution < -0.4 is 5.73 Å². The third kappa shape index (κ3) is 1.51. The molecule has 1 heterocycles. The highest BCUT2D eigenvalue weighted by Crippen LogP contribution is 2.44. The molecule has 1 unspecified atom stereocenters. The van der Waals surface area contributed by atoms with Crippen LogP contribution in [-0.4, -0.2) is 80.0 Å². The third-order valence-electron chi connectivity index (χ3n) is 4.06. The predicted octanol–water partition coefficient (Wildman–Crippen LogP) is -4.76. The summed E-state index contributed by atoms with van der Waals surface area (Å²) in [5.74, 6) is -2.90. The maximum atomic E-state index is 11.5. The summed E-state index contributed by atoms with van der Waals surface area (Å²) >= 11 is 0. The number of rotatable bonds is 2. The summed E-state index contributed by atoms with van der Waals surface area (Å²) in [6.45, 7) is -1.07. The first-order valence-corrected chi connectivity index (χ1v) is 5.57. The number of aliphatic hydroxyl groups excluding tert-OH is 4. The number of hydrogen-bond donors (Lipinski definition) is 6. The maximum absolute atomic E-state index is 11.5. The minimum atomic E-state index is -2.44. The number of aldehydes is 1. The Balaban J connectivity index is 2.59. The molecule has 0 radical (unpaired) electrons. The number of ether oxygens (including phenoxy) is 1. The molecule has 9 heteroatoms. The molecule has 1 saturated carbocycles. The van der Waals surface area contributed by atoms with E-state index in [4.69, 9.17) is 10.8 Å². The van der Waals surface area contributed by atoms with Gasteiger partial charge in [-0.05, 0) is 0 Å². The third-order valence-corrected chi connectivity index (χ3v) is 4.06. The normalized spacial score (nSPS) is 53.6. The summed E-state index contributed by atoms with van der Waals surface area (Å²) in [5.41, 5.74) is 1.08. The monoisotopic (exact) mass is 277 g/mol. The van der Waals surface area contributed by atoms with Gasteiger partial charge < -0.3 is 40.8 Å². The second kappa shape index (κ2) is 4.20. The van der Waals surface area contributed by atoms with Crippen LogP contribution in [0, 0.1) is 5.92 Å². The molecule has 2 aliphatic rings. The van der Waals surface area contributed by atoms with Gasteiger partial charge >= 0.3 is 5.97 Å². The molecular formula is C10H15NO8. The Hall–Kier alpha value is -1.10. The number of fused-ring (bicyclic) bond motifs is 2. The summed E-state index contributed by atoms with van der Waals surface area (Å²) in [4.78, 5) is 22.5. The molecule has 0 spiro atoms. The van der Waals surface area contributed by atoms with Crippen LogP contribution >= 0.6 is 0 Å². The number of hydrogen-bond acceptors (Lipinski definition) is 9. The lowest BCUT2D eigenvalue weighted by atomic mass is 9.59. The van der Waals surface area contributed by atoms with Crippen molar-refractivity contribution in [3.8, 4) is 0 Å². The van der Waals surface area contributed by atoms with Gasteiger partial charge in [0.25, 0.3) is 0 Å². The predicted molar refractivity (Wildman–Crippen MR) is 56.4 cm³/mol. The number of nitrogens with two attached hydrogens (primary N) is 1. The molecule has 0 amide bonds. The molecule has 1 aliphatic carbocycles. The fourth-order valence-electron chi connectivity index (χ4n) is 2.77. The summed E-state index contributed by atoms with van der Waals surface area (Å²) in [7, 11) is 0. The molecule has 2 fully saturated rings. The summed E-state index contributed by atoms with van der Waals surface area (Å²) < 4.78 is 4.61. The first-order chi connectivity index (χ1) is 8.75. The van der Waals surface area contributed by atoms with Crippen LogP contribution in [0.25, 0.3) is 0 Å². The lowest BCUT2D eigenvalue weighted by Gasteiger charge is -2.58. The lowest BCUT2D eigenvalue weighted by molar-refractivity contribution is -0.290. The standard InChI is InChI=1S/C10H15NO8/c11-10-3(1-12)4(14)9(18,2-13)7(5(10)15)19-8(17)6(10)16/h1,3-7,13-16,18H,2,11H2/t3-,4+,5?,6+,7+,9-,10-/m0/s1. The lowest BCUT2D eigenvalue weighted by Crippen LogP contribution is -2.85. The first kappa shape index (κ1) is 14.3. The smallest absolute Gasteiger partial charge is 0.337 e. The Morgan fingerprint density at radius 3 is 2.37 bits per heavy atom. The average Bonchev–Trinajstić information content (AvgIpc) is 2.39. The van der Waals surface area contributed by atoms with Gasteiger partial charge in [0, 0.05) is 0 Å². The van der Waals surface area contributed by atoms with Crippen molar-refractivity contribution in [2.24, 2.45) is 11.7 Å².